The van der Waals surface area contributed by atoms with Crippen LogP contribution in [0.25, 0.3) is 10.8 Å². The summed E-state index contributed by atoms with van der Waals surface area (Å²) in [5, 5.41) is 2.49. The third-order valence-electron chi connectivity index (χ3n) is 3.80. The lowest BCUT2D eigenvalue weighted by Crippen LogP contribution is -2.24. The molecule has 0 nitrogen and oxygen atoms in total. The quantitative estimate of drug-likeness (QED) is 0.682. The highest BCUT2D eigenvalue weighted by atomic mass is 14.3. The van der Waals surface area contributed by atoms with Gasteiger partial charge in [0.1, 0.15) is 0 Å². The van der Waals surface area contributed by atoms with E-state index in [0.717, 1.165) is 0 Å². The van der Waals surface area contributed by atoms with Gasteiger partial charge in [-0.05, 0) is 33.7 Å². The highest BCUT2D eigenvalue weighted by molar-refractivity contribution is 5.82. The second kappa shape index (κ2) is 3.93. The van der Waals surface area contributed by atoms with E-state index in [1.54, 1.807) is 0 Å². The molecule has 0 N–H and O–H groups in total. The van der Waals surface area contributed by atoms with Crippen molar-refractivity contribution in [3.8, 4) is 0 Å². The molecule has 0 aliphatic heterocycles. The van der Waals surface area contributed by atoms with Crippen molar-refractivity contribution in [3.05, 3.63) is 48.0 Å². The van der Waals surface area contributed by atoms with Gasteiger partial charge in [-0.3, -0.25) is 0 Å². The topological polar surface area (TPSA) is 0 Å². The molecule has 0 atom stereocenters. The summed E-state index contributed by atoms with van der Waals surface area (Å²) < 4.78 is 0. The van der Waals surface area contributed by atoms with Crippen molar-refractivity contribution in [3.63, 3.8) is 0 Å². The molecule has 0 heterocycles. The predicted octanol–water partition coefficient (Wildman–Crippen LogP) is 4.57. The predicted molar refractivity (Wildman–Crippen MR) is 70.6 cm³/mol. The summed E-state index contributed by atoms with van der Waals surface area (Å²) in [5.41, 5.74) is 1.49. The van der Waals surface area contributed by atoms with Gasteiger partial charge < -0.3 is 0 Å². The van der Waals surface area contributed by atoms with E-state index < -0.39 is 0 Å². The zero-order valence-corrected chi connectivity index (χ0v) is 10.5. The number of fused-ring (bicyclic) bond motifs is 1. The van der Waals surface area contributed by atoms with Crippen LogP contribution in [-0.4, -0.2) is 0 Å². The second-order valence-corrected chi connectivity index (χ2v) is 5.34. The van der Waals surface area contributed by atoms with E-state index in [-0.39, 0.29) is 5.41 Å². The highest BCUT2D eigenvalue weighted by Gasteiger charge is 2.24. The van der Waals surface area contributed by atoms with Gasteiger partial charge in [0.25, 0.3) is 0 Å². The minimum Gasteiger partial charge on any atom is -0.0619 e. The molecule has 1 radical (unpaired) electrons. The van der Waals surface area contributed by atoms with Crippen molar-refractivity contribution in [1.82, 2.24) is 0 Å². The lowest BCUT2D eigenvalue weighted by molar-refractivity contribution is 0.372. The van der Waals surface area contributed by atoms with Crippen molar-refractivity contribution in [2.45, 2.75) is 33.1 Å². The van der Waals surface area contributed by atoms with Gasteiger partial charge in [0.2, 0.25) is 0 Å². The molecule has 2 aromatic carbocycles. The van der Waals surface area contributed by atoms with Crippen molar-refractivity contribution >= 4 is 10.8 Å². The number of hydrogen-bond donors (Lipinski definition) is 0. The Morgan fingerprint density at radius 1 is 1.00 bits per heavy atom. The molecular weight excluding hydrogens is 192 g/mol. The molecule has 0 aliphatic carbocycles. The second-order valence-electron chi connectivity index (χ2n) is 5.34. The lowest BCUT2D eigenvalue weighted by atomic mass is 9.75. The Balaban J connectivity index is 2.55. The van der Waals surface area contributed by atoms with Crippen molar-refractivity contribution in [2.24, 2.45) is 5.92 Å². The number of hydrogen-bond acceptors (Lipinski definition) is 0. The smallest absolute Gasteiger partial charge is 0.00585 e. The normalized spacial score (nSPS) is 12.3. The minimum absolute atomic E-state index is 0.185. The molecule has 0 saturated carbocycles. The monoisotopic (exact) mass is 211 g/mol. The van der Waals surface area contributed by atoms with Crippen LogP contribution in [0.4, 0.5) is 0 Å². The van der Waals surface area contributed by atoms with Crippen molar-refractivity contribution < 1.29 is 0 Å². The first kappa shape index (κ1) is 11.2. The van der Waals surface area contributed by atoms with Gasteiger partial charge in [0.05, 0.1) is 0 Å². The van der Waals surface area contributed by atoms with Gasteiger partial charge in [-0.2, -0.15) is 0 Å². The highest BCUT2D eigenvalue weighted by Crippen LogP contribution is 2.32. The molecule has 0 fully saturated rings. The van der Waals surface area contributed by atoms with Crippen LogP contribution in [0.3, 0.4) is 0 Å². The molecular formula is C16H19. The molecule has 0 heteroatoms. The first-order chi connectivity index (χ1) is 7.51. The van der Waals surface area contributed by atoms with Gasteiger partial charge in [0.15, 0.2) is 0 Å². The summed E-state index contributed by atoms with van der Waals surface area (Å²) in [6.07, 6.45) is 0. The van der Waals surface area contributed by atoms with Crippen molar-refractivity contribution in [2.75, 3.05) is 0 Å². The Bertz CT molecular complexity index is 492. The Morgan fingerprint density at radius 3 is 2.38 bits per heavy atom. The average Bonchev–Trinajstić information content (AvgIpc) is 2.28. The molecule has 0 unspecified atom stereocenters. The average molecular weight is 211 g/mol. The van der Waals surface area contributed by atoms with E-state index in [9.17, 15) is 0 Å². The third-order valence-corrected chi connectivity index (χ3v) is 3.80. The molecule has 2 rings (SSSR count). The summed E-state index contributed by atoms with van der Waals surface area (Å²) in [7, 11) is 0. The molecule has 0 bridgehead atoms. The first-order valence-corrected chi connectivity index (χ1v) is 5.93. The SMILES string of the molecule is CC(C)C(C)(C)c1[c]c2ccccc2cc1. The van der Waals surface area contributed by atoms with Gasteiger partial charge in [0, 0.05) is 0 Å². The summed E-state index contributed by atoms with van der Waals surface area (Å²) in [5.74, 6) is 0.616. The Morgan fingerprint density at radius 2 is 1.69 bits per heavy atom. The number of benzene rings is 2. The molecule has 16 heavy (non-hydrogen) atoms. The number of rotatable bonds is 2. The fourth-order valence-electron chi connectivity index (χ4n) is 1.80. The first-order valence-electron chi connectivity index (χ1n) is 5.93. The van der Waals surface area contributed by atoms with Crippen molar-refractivity contribution in [1.29, 1.82) is 0 Å². The van der Waals surface area contributed by atoms with E-state index in [0.29, 0.717) is 5.92 Å². The molecule has 0 aliphatic rings. The maximum Gasteiger partial charge on any atom is -0.00585 e. The summed E-state index contributed by atoms with van der Waals surface area (Å²) in [6.45, 7) is 9.11. The molecule has 83 valence electrons. The van der Waals surface area contributed by atoms with E-state index >= 15 is 0 Å². The van der Waals surface area contributed by atoms with E-state index in [1.807, 2.05) is 0 Å². The molecule has 0 spiro atoms. The van der Waals surface area contributed by atoms with Crippen LogP contribution in [0.2, 0.25) is 0 Å². The zero-order valence-electron chi connectivity index (χ0n) is 10.5. The standard InChI is InChI=1S/C16H19/c1-12(2)16(3,4)15-10-9-13-7-5-6-8-14(13)11-15/h5-10,12H,1-4H3. The fourth-order valence-corrected chi connectivity index (χ4v) is 1.80. The zero-order chi connectivity index (χ0) is 11.8. The van der Waals surface area contributed by atoms with Crippen LogP contribution in [0.15, 0.2) is 36.4 Å². The maximum absolute atomic E-state index is 3.55. The van der Waals surface area contributed by atoms with Crippen LogP contribution >= 0.6 is 0 Å². The van der Waals surface area contributed by atoms with Crippen LogP contribution in [-0.2, 0) is 5.41 Å². The fraction of sp³-hybridized carbons (Fsp3) is 0.375. The van der Waals surface area contributed by atoms with E-state index in [1.165, 1.54) is 16.3 Å². The largest absolute Gasteiger partial charge is 0.0619 e. The Kier molecular flexibility index (Phi) is 2.75. The molecule has 0 amide bonds. The Labute approximate surface area is 98.3 Å². The van der Waals surface area contributed by atoms with Crippen LogP contribution in [0.1, 0.15) is 33.3 Å². The third kappa shape index (κ3) is 1.84. The van der Waals surface area contributed by atoms with Gasteiger partial charge in [-0.1, -0.05) is 64.1 Å². The van der Waals surface area contributed by atoms with Gasteiger partial charge in [-0.25, -0.2) is 0 Å². The van der Waals surface area contributed by atoms with Crippen LogP contribution < -0.4 is 0 Å². The maximum atomic E-state index is 3.55. The summed E-state index contributed by atoms with van der Waals surface area (Å²) in [6, 6.07) is 16.4. The lowest BCUT2D eigenvalue weighted by Gasteiger charge is -2.29. The van der Waals surface area contributed by atoms with Gasteiger partial charge in [-0.15, -0.1) is 0 Å². The Hall–Kier alpha value is -1.30. The summed E-state index contributed by atoms with van der Waals surface area (Å²) >= 11 is 0. The van der Waals surface area contributed by atoms with Crippen LogP contribution in [0, 0.1) is 12.0 Å². The van der Waals surface area contributed by atoms with Gasteiger partial charge >= 0.3 is 0 Å². The molecule has 0 aromatic heterocycles. The summed E-state index contributed by atoms with van der Waals surface area (Å²) in [4.78, 5) is 0. The minimum atomic E-state index is 0.185. The molecule has 0 saturated heterocycles. The van der Waals surface area contributed by atoms with Crippen LogP contribution in [0.5, 0.6) is 0 Å². The van der Waals surface area contributed by atoms with E-state index in [4.69, 9.17) is 0 Å². The van der Waals surface area contributed by atoms with E-state index in [2.05, 4.69) is 70.2 Å². The molecule has 2 aromatic rings.